The predicted octanol–water partition coefficient (Wildman–Crippen LogP) is 7.57. The fraction of sp³-hybridized carbons (Fsp3) is 1.00. The molecule has 21 heavy (non-hydrogen) atoms. The van der Waals surface area contributed by atoms with Gasteiger partial charge in [-0.15, -0.1) is 0 Å². The maximum atomic E-state index is 2.47. The van der Waals surface area contributed by atoms with Gasteiger partial charge in [-0.1, -0.05) is 81.1 Å². The molecule has 6 unspecified atom stereocenters. The molecule has 0 radical (unpaired) electrons. The van der Waals surface area contributed by atoms with Gasteiger partial charge in [-0.2, -0.15) is 0 Å². The zero-order chi connectivity index (χ0) is 16.4. The van der Waals surface area contributed by atoms with Crippen molar-refractivity contribution < 1.29 is 0 Å². The highest BCUT2D eigenvalue weighted by Crippen LogP contribution is 2.41. The second-order valence-electron chi connectivity index (χ2n) is 7.50. The van der Waals surface area contributed by atoms with Crippen molar-refractivity contribution in [2.75, 3.05) is 0 Å². The Morgan fingerprint density at radius 1 is 0.524 bits per heavy atom. The first-order valence-electron chi connectivity index (χ1n) is 10.1. The molecule has 128 valence electrons. The van der Waals surface area contributed by atoms with Gasteiger partial charge in [-0.25, -0.2) is 0 Å². The minimum absolute atomic E-state index is 0.980. The van der Waals surface area contributed by atoms with Crippen LogP contribution in [0.15, 0.2) is 0 Å². The first-order valence-corrected chi connectivity index (χ1v) is 10.1. The van der Waals surface area contributed by atoms with Crippen LogP contribution < -0.4 is 0 Å². The van der Waals surface area contributed by atoms with Crippen LogP contribution >= 0.6 is 0 Å². The second kappa shape index (κ2) is 11.6. The molecule has 2 fully saturated rings. The van der Waals surface area contributed by atoms with E-state index < -0.39 is 0 Å². The van der Waals surface area contributed by atoms with E-state index in [9.17, 15) is 0 Å². The Labute approximate surface area is 136 Å². The third-order valence-electron chi connectivity index (χ3n) is 6.08. The van der Waals surface area contributed by atoms with Gasteiger partial charge in [-0.05, 0) is 54.8 Å². The molecule has 0 heteroatoms. The van der Waals surface area contributed by atoms with Gasteiger partial charge < -0.3 is 0 Å². The first-order chi connectivity index (χ1) is 10.1. The van der Waals surface area contributed by atoms with Gasteiger partial charge in [0.15, 0.2) is 0 Å². The van der Waals surface area contributed by atoms with Crippen LogP contribution in [0.1, 0.15) is 100 Å². The Bertz CT molecular complexity index is 208. The lowest BCUT2D eigenvalue weighted by Crippen LogP contribution is -2.26. The van der Waals surface area contributed by atoms with Crippen LogP contribution in [0.25, 0.3) is 0 Å². The molecule has 0 amide bonds. The molecule has 2 aliphatic rings. The molecule has 0 saturated heterocycles. The Balaban J connectivity index is 0.000000921. The van der Waals surface area contributed by atoms with Crippen molar-refractivity contribution in [1.82, 2.24) is 0 Å². The summed E-state index contributed by atoms with van der Waals surface area (Å²) in [4.78, 5) is 0. The van der Waals surface area contributed by atoms with Crippen molar-refractivity contribution >= 4 is 0 Å². The van der Waals surface area contributed by atoms with Gasteiger partial charge in [0.25, 0.3) is 0 Å². The third-order valence-corrected chi connectivity index (χ3v) is 6.08. The summed E-state index contributed by atoms with van der Waals surface area (Å²) in [6, 6.07) is 0. The van der Waals surface area contributed by atoms with Gasteiger partial charge in [0.05, 0.1) is 0 Å². The zero-order valence-electron chi connectivity index (χ0n) is 16.4. The quantitative estimate of drug-likeness (QED) is 0.493. The normalized spacial score (nSPS) is 39.4. The molecule has 2 rings (SSSR count). The maximum Gasteiger partial charge on any atom is -0.0409 e. The Hall–Kier alpha value is 0. The summed E-state index contributed by atoms with van der Waals surface area (Å²) >= 11 is 0. The number of rotatable bonds is 2. The largest absolute Gasteiger partial charge is 0.0683 e. The number of hydrogen-bond donors (Lipinski definition) is 0. The lowest BCUT2D eigenvalue weighted by atomic mass is 9.68. The van der Waals surface area contributed by atoms with Crippen molar-refractivity contribution in [3.63, 3.8) is 0 Å². The molecule has 0 aromatic rings. The Kier molecular flexibility index (Phi) is 11.6. The van der Waals surface area contributed by atoms with Gasteiger partial charge >= 0.3 is 0 Å². The van der Waals surface area contributed by atoms with Gasteiger partial charge in [0.1, 0.15) is 0 Å². The average molecular weight is 297 g/mol. The third kappa shape index (κ3) is 7.20. The molecule has 0 aromatic heterocycles. The predicted molar refractivity (Wildman–Crippen MR) is 98.7 cm³/mol. The minimum Gasteiger partial charge on any atom is -0.0683 e. The summed E-state index contributed by atoms with van der Waals surface area (Å²) in [6.07, 6.45) is 10.6. The van der Waals surface area contributed by atoms with E-state index in [0.29, 0.717) is 0 Å². The van der Waals surface area contributed by atoms with Crippen LogP contribution in [0.4, 0.5) is 0 Å². The van der Waals surface area contributed by atoms with Crippen molar-refractivity contribution in [3.8, 4) is 0 Å². The lowest BCUT2D eigenvalue weighted by molar-refractivity contribution is 0.139. The molecule has 0 spiro atoms. The van der Waals surface area contributed by atoms with Gasteiger partial charge in [-0.3, -0.25) is 0 Å². The standard InChI is InChI=1S/C17H32.2C2H6/c1-12-5-7-16(9-14(12)3)11-17-8-6-13(2)15(4)10-17;2*1-2/h12-17H,5-11H2,1-4H3;2*1-2H3. The monoisotopic (exact) mass is 296 g/mol. The maximum absolute atomic E-state index is 2.47. The van der Waals surface area contributed by atoms with E-state index in [1.165, 1.54) is 38.5 Å². The van der Waals surface area contributed by atoms with E-state index in [4.69, 9.17) is 0 Å². The molecule has 0 bridgehead atoms. The smallest absolute Gasteiger partial charge is 0.0409 e. The summed E-state index contributed by atoms with van der Waals surface area (Å²) in [5.74, 6) is 6.05. The lowest BCUT2D eigenvalue weighted by Gasteiger charge is -2.37. The zero-order valence-corrected chi connectivity index (χ0v) is 16.4. The van der Waals surface area contributed by atoms with E-state index in [1.807, 2.05) is 27.7 Å². The van der Waals surface area contributed by atoms with Crippen LogP contribution in [-0.4, -0.2) is 0 Å². The Morgan fingerprint density at radius 3 is 1.14 bits per heavy atom. The molecule has 0 aromatic carbocycles. The molecule has 2 aliphatic carbocycles. The molecule has 0 heterocycles. The van der Waals surface area contributed by atoms with Crippen LogP contribution in [-0.2, 0) is 0 Å². The van der Waals surface area contributed by atoms with E-state index >= 15 is 0 Å². The van der Waals surface area contributed by atoms with Crippen LogP contribution in [0.2, 0.25) is 0 Å². The van der Waals surface area contributed by atoms with Crippen molar-refractivity contribution in [2.24, 2.45) is 35.5 Å². The second-order valence-corrected chi connectivity index (χ2v) is 7.50. The summed E-state index contributed by atoms with van der Waals surface area (Å²) in [5.41, 5.74) is 0. The summed E-state index contributed by atoms with van der Waals surface area (Å²) in [5, 5.41) is 0. The average Bonchev–Trinajstić information content (AvgIpc) is 2.51. The van der Waals surface area contributed by atoms with Crippen LogP contribution in [0.3, 0.4) is 0 Å². The van der Waals surface area contributed by atoms with E-state index in [1.54, 1.807) is 6.42 Å². The van der Waals surface area contributed by atoms with Crippen molar-refractivity contribution in [2.45, 2.75) is 100 Å². The van der Waals surface area contributed by atoms with E-state index in [2.05, 4.69) is 27.7 Å². The molecular formula is C21H44. The van der Waals surface area contributed by atoms with Crippen LogP contribution in [0, 0.1) is 35.5 Å². The van der Waals surface area contributed by atoms with Gasteiger partial charge in [0, 0.05) is 0 Å². The molecule has 2 saturated carbocycles. The minimum atomic E-state index is 0.980. The summed E-state index contributed by atoms with van der Waals surface area (Å²) < 4.78 is 0. The number of hydrogen-bond acceptors (Lipinski definition) is 0. The topological polar surface area (TPSA) is 0 Å². The fourth-order valence-corrected chi connectivity index (χ4v) is 4.22. The molecule has 0 aliphatic heterocycles. The SMILES string of the molecule is CC.CC.CC1CCC(CC2CCC(C)C(C)C2)CC1C. The molecular weight excluding hydrogens is 252 g/mol. The highest BCUT2D eigenvalue weighted by atomic mass is 14.4. The summed E-state index contributed by atoms with van der Waals surface area (Å²) in [7, 11) is 0. The van der Waals surface area contributed by atoms with E-state index in [0.717, 1.165) is 35.5 Å². The summed E-state index contributed by atoms with van der Waals surface area (Å²) in [6.45, 7) is 17.8. The molecule has 0 nitrogen and oxygen atoms in total. The highest BCUT2D eigenvalue weighted by molar-refractivity contribution is 4.81. The fourth-order valence-electron chi connectivity index (χ4n) is 4.22. The Morgan fingerprint density at radius 2 is 0.857 bits per heavy atom. The van der Waals surface area contributed by atoms with Crippen molar-refractivity contribution in [3.05, 3.63) is 0 Å². The van der Waals surface area contributed by atoms with E-state index in [-0.39, 0.29) is 0 Å². The van der Waals surface area contributed by atoms with Crippen molar-refractivity contribution in [1.29, 1.82) is 0 Å². The van der Waals surface area contributed by atoms with Gasteiger partial charge in [0.2, 0.25) is 0 Å². The molecule has 6 atom stereocenters. The van der Waals surface area contributed by atoms with Crippen LogP contribution in [0.5, 0.6) is 0 Å². The molecule has 0 N–H and O–H groups in total. The first kappa shape index (κ1) is 21.0. The highest BCUT2D eigenvalue weighted by Gasteiger charge is 2.30.